The lowest BCUT2D eigenvalue weighted by Gasteiger charge is -2.34. The molecule has 1 saturated carbocycles. The molecule has 0 amide bonds. The van der Waals surface area contributed by atoms with Crippen molar-refractivity contribution in [2.45, 2.75) is 25.3 Å². The number of alkyl halides is 4. The van der Waals surface area contributed by atoms with Crippen molar-refractivity contribution in [1.82, 2.24) is 0 Å². The molecule has 0 aromatic heterocycles. The molecule has 0 aliphatic heterocycles. The molecule has 0 aromatic rings. The van der Waals surface area contributed by atoms with E-state index in [1.54, 1.807) is 0 Å². The van der Waals surface area contributed by atoms with Crippen LogP contribution in [0, 0.1) is 5.92 Å². The lowest BCUT2D eigenvalue weighted by atomic mass is 9.84. The topological polar surface area (TPSA) is 9.23 Å². The summed E-state index contributed by atoms with van der Waals surface area (Å²) in [5.41, 5.74) is 0. The lowest BCUT2D eigenvalue weighted by molar-refractivity contribution is -0.353. The second kappa shape index (κ2) is 3.31. The molecule has 1 aliphatic rings. The van der Waals surface area contributed by atoms with E-state index in [1.807, 2.05) is 0 Å². The molecule has 0 radical (unpaired) electrons. The Hall–Kier alpha value is 0.230. The third-order valence-corrected chi connectivity index (χ3v) is 2.63. The van der Waals surface area contributed by atoms with Crippen molar-refractivity contribution < 1.29 is 17.9 Å². The molecule has 66 valence electrons. The van der Waals surface area contributed by atoms with Crippen LogP contribution in [0.25, 0.3) is 0 Å². The number of hydrogen-bond acceptors (Lipinski definition) is 1. The van der Waals surface area contributed by atoms with Crippen molar-refractivity contribution in [3.63, 3.8) is 0 Å². The maximum atomic E-state index is 11.5. The van der Waals surface area contributed by atoms with Crippen molar-refractivity contribution in [3.05, 3.63) is 0 Å². The van der Waals surface area contributed by atoms with Crippen LogP contribution in [0.4, 0.5) is 13.2 Å². The average molecular weight is 233 g/mol. The summed E-state index contributed by atoms with van der Waals surface area (Å²) in [5.74, 6) is 0.363. The van der Waals surface area contributed by atoms with Crippen LogP contribution in [0.15, 0.2) is 0 Å². The number of hydrogen-bond donors (Lipinski definition) is 0. The zero-order valence-electron chi connectivity index (χ0n) is 5.70. The van der Waals surface area contributed by atoms with E-state index in [-0.39, 0.29) is 0 Å². The van der Waals surface area contributed by atoms with E-state index >= 15 is 0 Å². The Kier molecular flexibility index (Phi) is 2.80. The second-order valence-electron chi connectivity index (χ2n) is 2.68. The summed E-state index contributed by atoms with van der Waals surface area (Å²) in [6, 6.07) is 0. The first-order valence-electron chi connectivity index (χ1n) is 3.32. The fourth-order valence-electron chi connectivity index (χ4n) is 1.09. The van der Waals surface area contributed by atoms with E-state index in [9.17, 15) is 13.2 Å². The third kappa shape index (κ3) is 2.99. The number of rotatable bonds is 2. The Morgan fingerprint density at radius 2 is 1.91 bits per heavy atom. The summed E-state index contributed by atoms with van der Waals surface area (Å²) < 4.78 is 38.4. The van der Waals surface area contributed by atoms with Crippen LogP contribution >= 0.6 is 15.9 Å². The van der Waals surface area contributed by atoms with Gasteiger partial charge in [-0.05, 0) is 18.8 Å². The SMILES string of the molecule is FC(F)(F)O[C@H]1C[C@@H](CBr)C1. The highest BCUT2D eigenvalue weighted by atomic mass is 79.9. The maximum absolute atomic E-state index is 11.5. The zero-order chi connectivity index (χ0) is 8.48. The first kappa shape index (κ1) is 9.32. The largest absolute Gasteiger partial charge is 0.522 e. The van der Waals surface area contributed by atoms with Gasteiger partial charge in [0.2, 0.25) is 0 Å². The van der Waals surface area contributed by atoms with Crippen molar-refractivity contribution in [1.29, 1.82) is 0 Å². The van der Waals surface area contributed by atoms with Crippen LogP contribution in [0.1, 0.15) is 12.8 Å². The standard InChI is InChI=1S/C6H8BrF3O/c7-3-4-1-5(2-4)11-6(8,9)10/h4-5H,1-3H2/t4-,5+. The van der Waals surface area contributed by atoms with Crippen LogP contribution in [0.2, 0.25) is 0 Å². The van der Waals surface area contributed by atoms with Crippen LogP contribution in [-0.4, -0.2) is 17.8 Å². The summed E-state index contributed by atoms with van der Waals surface area (Å²) in [4.78, 5) is 0. The van der Waals surface area contributed by atoms with Gasteiger partial charge in [-0.15, -0.1) is 13.2 Å². The van der Waals surface area contributed by atoms with Gasteiger partial charge < -0.3 is 0 Å². The fraction of sp³-hybridized carbons (Fsp3) is 1.00. The Bertz CT molecular complexity index is 130. The van der Waals surface area contributed by atoms with E-state index < -0.39 is 12.5 Å². The summed E-state index contributed by atoms with van der Waals surface area (Å²) >= 11 is 3.20. The lowest BCUT2D eigenvalue weighted by Crippen LogP contribution is -2.36. The molecule has 0 N–H and O–H groups in total. The molecule has 0 atom stereocenters. The third-order valence-electron chi connectivity index (χ3n) is 1.71. The summed E-state index contributed by atoms with van der Waals surface area (Å²) in [7, 11) is 0. The molecular formula is C6H8BrF3O. The molecule has 11 heavy (non-hydrogen) atoms. The van der Waals surface area contributed by atoms with Gasteiger partial charge in [-0.2, -0.15) is 0 Å². The average Bonchev–Trinajstić information content (AvgIpc) is 1.75. The van der Waals surface area contributed by atoms with Gasteiger partial charge in [0.25, 0.3) is 0 Å². The first-order chi connectivity index (χ1) is 5.01. The predicted molar refractivity (Wildman–Crippen MR) is 37.4 cm³/mol. The van der Waals surface area contributed by atoms with Gasteiger partial charge in [-0.3, -0.25) is 4.74 Å². The fourth-order valence-corrected chi connectivity index (χ4v) is 1.61. The quantitative estimate of drug-likeness (QED) is 0.666. The smallest absolute Gasteiger partial charge is 0.289 e. The van der Waals surface area contributed by atoms with E-state index in [0.29, 0.717) is 18.8 Å². The summed E-state index contributed by atoms with van der Waals surface area (Å²) in [5, 5.41) is 0.769. The monoisotopic (exact) mass is 232 g/mol. The van der Waals surface area contributed by atoms with E-state index in [0.717, 1.165) is 5.33 Å². The Morgan fingerprint density at radius 1 is 1.36 bits per heavy atom. The molecule has 0 saturated heterocycles. The molecule has 0 unspecified atom stereocenters. The Morgan fingerprint density at radius 3 is 2.27 bits per heavy atom. The van der Waals surface area contributed by atoms with Crippen molar-refractivity contribution in [3.8, 4) is 0 Å². The molecule has 5 heteroatoms. The van der Waals surface area contributed by atoms with Gasteiger partial charge in [0, 0.05) is 5.33 Å². The van der Waals surface area contributed by atoms with E-state index in [2.05, 4.69) is 20.7 Å². The number of halogens is 4. The molecule has 1 aliphatic carbocycles. The molecular weight excluding hydrogens is 225 g/mol. The van der Waals surface area contributed by atoms with Crippen molar-refractivity contribution in [2.75, 3.05) is 5.33 Å². The van der Waals surface area contributed by atoms with Crippen LogP contribution < -0.4 is 0 Å². The second-order valence-corrected chi connectivity index (χ2v) is 3.32. The van der Waals surface area contributed by atoms with Crippen LogP contribution in [0.5, 0.6) is 0 Å². The first-order valence-corrected chi connectivity index (χ1v) is 4.44. The van der Waals surface area contributed by atoms with Crippen LogP contribution in [-0.2, 0) is 4.74 Å². The van der Waals surface area contributed by atoms with E-state index in [1.165, 1.54) is 0 Å². The van der Waals surface area contributed by atoms with Gasteiger partial charge >= 0.3 is 6.36 Å². The molecule has 1 rings (SSSR count). The molecule has 0 spiro atoms. The number of ether oxygens (including phenoxy) is 1. The Balaban J connectivity index is 2.14. The molecule has 1 fully saturated rings. The Labute approximate surface area is 71.0 Å². The molecule has 0 bridgehead atoms. The van der Waals surface area contributed by atoms with Crippen LogP contribution in [0.3, 0.4) is 0 Å². The zero-order valence-corrected chi connectivity index (χ0v) is 7.28. The van der Waals surface area contributed by atoms with Gasteiger partial charge in [0.1, 0.15) is 0 Å². The van der Waals surface area contributed by atoms with Gasteiger partial charge in [0.15, 0.2) is 0 Å². The minimum absolute atomic E-state index is 0.363. The normalized spacial score (nSPS) is 31.6. The molecule has 1 nitrogen and oxygen atoms in total. The maximum Gasteiger partial charge on any atom is 0.522 e. The van der Waals surface area contributed by atoms with Gasteiger partial charge in [-0.25, -0.2) is 0 Å². The van der Waals surface area contributed by atoms with Gasteiger partial charge in [0.05, 0.1) is 6.10 Å². The summed E-state index contributed by atoms with van der Waals surface area (Å²) in [6.07, 6.45) is -4.02. The van der Waals surface area contributed by atoms with E-state index in [4.69, 9.17) is 0 Å². The van der Waals surface area contributed by atoms with Gasteiger partial charge in [-0.1, -0.05) is 15.9 Å². The minimum Gasteiger partial charge on any atom is -0.289 e. The van der Waals surface area contributed by atoms with Crippen molar-refractivity contribution >= 4 is 15.9 Å². The molecule has 0 aromatic carbocycles. The highest BCUT2D eigenvalue weighted by Gasteiger charge is 2.39. The highest BCUT2D eigenvalue weighted by Crippen LogP contribution is 2.35. The molecule has 0 heterocycles. The predicted octanol–water partition coefficient (Wildman–Crippen LogP) is 2.70. The van der Waals surface area contributed by atoms with Crippen molar-refractivity contribution in [2.24, 2.45) is 5.92 Å². The highest BCUT2D eigenvalue weighted by molar-refractivity contribution is 9.09. The minimum atomic E-state index is -4.46. The summed E-state index contributed by atoms with van der Waals surface area (Å²) in [6.45, 7) is 0.